The lowest BCUT2D eigenvalue weighted by molar-refractivity contribution is 0.102. The van der Waals surface area contributed by atoms with Gasteiger partial charge in [0.2, 0.25) is 0 Å². The first-order valence-electron chi connectivity index (χ1n) is 9.68. The van der Waals surface area contributed by atoms with E-state index < -0.39 is 5.91 Å². The number of para-hydroxylation sites is 1. The minimum atomic E-state index is -0.412. The van der Waals surface area contributed by atoms with Crippen LogP contribution in [0.4, 0.5) is 5.69 Å². The Morgan fingerprint density at radius 3 is 2.23 bits per heavy atom. The van der Waals surface area contributed by atoms with Crippen LogP contribution in [0.25, 0.3) is 5.69 Å². The molecule has 1 N–H and O–H groups in total. The van der Waals surface area contributed by atoms with Gasteiger partial charge in [-0.25, -0.2) is 4.68 Å². The van der Waals surface area contributed by atoms with Gasteiger partial charge in [0.05, 0.1) is 11.4 Å². The Morgan fingerprint density at radius 1 is 0.933 bits per heavy atom. The van der Waals surface area contributed by atoms with Gasteiger partial charge in [-0.2, -0.15) is 0 Å². The topological polar surface area (TPSA) is 68.9 Å². The highest BCUT2D eigenvalue weighted by atomic mass is 16.2. The Kier molecular flexibility index (Phi) is 5.30. The van der Waals surface area contributed by atoms with Gasteiger partial charge in [-0.1, -0.05) is 30.3 Å². The van der Waals surface area contributed by atoms with Crippen molar-refractivity contribution in [2.75, 3.05) is 5.32 Å². The molecule has 0 spiro atoms. The number of pyridine rings is 1. The van der Waals surface area contributed by atoms with Gasteiger partial charge < -0.3 is 5.32 Å². The highest BCUT2D eigenvalue weighted by Gasteiger charge is 2.22. The summed E-state index contributed by atoms with van der Waals surface area (Å²) in [7, 11) is 1.77. The first-order chi connectivity index (χ1) is 14.5. The van der Waals surface area contributed by atoms with Crippen LogP contribution in [0, 0.1) is 6.92 Å². The maximum Gasteiger partial charge on any atom is 0.284 e. The quantitative estimate of drug-likeness (QED) is 0.557. The Balaban J connectivity index is 1.55. The number of rotatable bonds is 5. The summed E-state index contributed by atoms with van der Waals surface area (Å²) < 4.78 is 3.20. The number of nitrogens with zero attached hydrogens (tertiary/aromatic N) is 3. The molecule has 0 unspecified atom stereocenters. The molecule has 0 atom stereocenters. The largest absolute Gasteiger partial charge is 0.322 e. The molecule has 2 aromatic carbocycles. The van der Waals surface area contributed by atoms with Crippen LogP contribution in [0.15, 0.2) is 83.9 Å². The molecule has 4 aromatic rings. The Bertz CT molecular complexity index is 1220. The zero-order valence-corrected chi connectivity index (χ0v) is 16.9. The van der Waals surface area contributed by atoms with Crippen molar-refractivity contribution < 1.29 is 4.79 Å². The maximum atomic E-state index is 13.0. The second-order valence-electron chi connectivity index (χ2n) is 7.12. The van der Waals surface area contributed by atoms with E-state index in [1.807, 2.05) is 66.7 Å². The van der Waals surface area contributed by atoms with E-state index in [1.54, 1.807) is 31.0 Å². The number of benzene rings is 2. The summed E-state index contributed by atoms with van der Waals surface area (Å²) in [6.45, 7) is 1.77. The van der Waals surface area contributed by atoms with E-state index in [9.17, 15) is 9.59 Å². The molecular formula is C24H22N4O2. The molecule has 150 valence electrons. The van der Waals surface area contributed by atoms with Gasteiger partial charge in [0.25, 0.3) is 11.5 Å². The van der Waals surface area contributed by atoms with Crippen molar-refractivity contribution in [3.8, 4) is 5.69 Å². The molecule has 4 rings (SSSR count). The molecule has 0 aliphatic carbocycles. The Labute approximate surface area is 174 Å². The van der Waals surface area contributed by atoms with E-state index in [1.165, 1.54) is 10.2 Å². The first-order valence-corrected chi connectivity index (χ1v) is 9.68. The van der Waals surface area contributed by atoms with Crippen molar-refractivity contribution >= 4 is 11.6 Å². The fraction of sp³-hybridized carbons (Fsp3) is 0.125. The van der Waals surface area contributed by atoms with Crippen molar-refractivity contribution in [3.05, 3.63) is 112 Å². The predicted molar refractivity (Wildman–Crippen MR) is 117 cm³/mol. The summed E-state index contributed by atoms with van der Waals surface area (Å²) >= 11 is 0. The van der Waals surface area contributed by atoms with Crippen molar-refractivity contribution in [3.63, 3.8) is 0 Å². The minimum absolute atomic E-state index is 0.141. The number of carbonyl (C=O) groups excluding carboxylic acids is 1. The third-order valence-electron chi connectivity index (χ3n) is 5.15. The standard InChI is InChI=1S/C24H22N4O2/c1-17-22(24(30)28(27(17)2)21-6-4-3-5-7-21)23(29)26-20-10-8-18(9-11-20)16-19-12-14-25-15-13-19/h3-15H,16H2,1-2H3,(H,26,29). The fourth-order valence-corrected chi connectivity index (χ4v) is 3.47. The molecule has 0 saturated heterocycles. The van der Waals surface area contributed by atoms with Crippen LogP contribution >= 0.6 is 0 Å². The summed E-state index contributed by atoms with van der Waals surface area (Å²) in [5, 5.41) is 2.85. The fourth-order valence-electron chi connectivity index (χ4n) is 3.47. The predicted octanol–water partition coefficient (Wildman–Crippen LogP) is 3.72. The number of hydrogen-bond acceptors (Lipinski definition) is 3. The monoisotopic (exact) mass is 398 g/mol. The molecular weight excluding hydrogens is 376 g/mol. The van der Waals surface area contributed by atoms with Gasteiger partial charge in [-0.3, -0.25) is 19.3 Å². The second-order valence-corrected chi connectivity index (χ2v) is 7.12. The zero-order chi connectivity index (χ0) is 21.1. The maximum absolute atomic E-state index is 13.0. The van der Waals surface area contributed by atoms with E-state index in [2.05, 4.69) is 10.3 Å². The average Bonchev–Trinajstić information content (AvgIpc) is 2.99. The van der Waals surface area contributed by atoms with Gasteiger partial charge in [0, 0.05) is 25.1 Å². The first kappa shape index (κ1) is 19.4. The lowest BCUT2D eigenvalue weighted by Gasteiger charge is -2.07. The SMILES string of the molecule is Cc1c(C(=O)Nc2ccc(Cc3ccncc3)cc2)c(=O)n(-c2ccccc2)n1C. The molecule has 0 aliphatic heterocycles. The van der Waals surface area contributed by atoms with Crippen molar-refractivity contribution in [1.82, 2.24) is 14.3 Å². The van der Waals surface area contributed by atoms with Crippen LogP contribution in [-0.4, -0.2) is 20.3 Å². The second kappa shape index (κ2) is 8.21. The van der Waals surface area contributed by atoms with E-state index in [0.717, 1.165) is 12.0 Å². The Morgan fingerprint density at radius 2 is 1.57 bits per heavy atom. The van der Waals surface area contributed by atoms with Gasteiger partial charge >= 0.3 is 0 Å². The van der Waals surface area contributed by atoms with E-state index in [4.69, 9.17) is 0 Å². The smallest absolute Gasteiger partial charge is 0.284 e. The summed E-state index contributed by atoms with van der Waals surface area (Å²) in [6, 6.07) is 20.9. The number of aromatic nitrogens is 3. The number of nitrogens with one attached hydrogen (secondary N) is 1. The molecule has 30 heavy (non-hydrogen) atoms. The molecule has 2 heterocycles. The lowest BCUT2D eigenvalue weighted by Crippen LogP contribution is -2.25. The molecule has 0 aliphatic rings. The van der Waals surface area contributed by atoms with Crippen molar-refractivity contribution in [1.29, 1.82) is 0 Å². The van der Waals surface area contributed by atoms with Gasteiger partial charge in [0.15, 0.2) is 0 Å². The molecule has 6 nitrogen and oxygen atoms in total. The van der Waals surface area contributed by atoms with E-state index >= 15 is 0 Å². The molecule has 0 fully saturated rings. The van der Waals surface area contributed by atoms with Crippen LogP contribution in [0.1, 0.15) is 27.2 Å². The number of hydrogen-bond donors (Lipinski definition) is 1. The molecule has 0 saturated carbocycles. The third-order valence-corrected chi connectivity index (χ3v) is 5.15. The van der Waals surface area contributed by atoms with Crippen LogP contribution in [0.2, 0.25) is 0 Å². The highest BCUT2D eigenvalue weighted by Crippen LogP contribution is 2.16. The molecule has 2 aromatic heterocycles. The van der Waals surface area contributed by atoms with Crippen LogP contribution in [-0.2, 0) is 13.5 Å². The summed E-state index contributed by atoms with van der Waals surface area (Å²) in [5.74, 6) is -0.412. The molecule has 0 radical (unpaired) electrons. The molecule has 6 heteroatoms. The molecule has 1 amide bonds. The van der Waals surface area contributed by atoms with Crippen LogP contribution in [0.5, 0.6) is 0 Å². The highest BCUT2D eigenvalue weighted by molar-refractivity contribution is 6.04. The average molecular weight is 398 g/mol. The number of amides is 1. The van der Waals surface area contributed by atoms with Crippen LogP contribution < -0.4 is 10.9 Å². The van der Waals surface area contributed by atoms with Crippen LogP contribution in [0.3, 0.4) is 0 Å². The lowest BCUT2D eigenvalue weighted by atomic mass is 10.1. The number of anilines is 1. The van der Waals surface area contributed by atoms with Crippen molar-refractivity contribution in [2.24, 2.45) is 7.05 Å². The van der Waals surface area contributed by atoms with Gasteiger partial charge in [-0.05, 0) is 60.9 Å². The normalized spacial score (nSPS) is 10.7. The van der Waals surface area contributed by atoms with E-state index in [-0.39, 0.29) is 11.1 Å². The zero-order valence-electron chi connectivity index (χ0n) is 16.9. The van der Waals surface area contributed by atoms with E-state index in [0.29, 0.717) is 17.1 Å². The summed E-state index contributed by atoms with van der Waals surface area (Å²) in [4.78, 5) is 29.9. The summed E-state index contributed by atoms with van der Waals surface area (Å²) in [5.41, 5.74) is 4.07. The van der Waals surface area contributed by atoms with Crippen molar-refractivity contribution in [2.45, 2.75) is 13.3 Å². The number of carbonyl (C=O) groups is 1. The van der Waals surface area contributed by atoms with Gasteiger partial charge in [-0.15, -0.1) is 0 Å². The Hall–Kier alpha value is -3.93. The molecule has 0 bridgehead atoms. The third kappa shape index (κ3) is 3.80. The minimum Gasteiger partial charge on any atom is -0.322 e. The van der Waals surface area contributed by atoms with Gasteiger partial charge in [0.1, 0.15) is 5.56 Å². The summed E-state index contributed by atoms with van der Waals surface area (Å²) in [6.07, 6.45) is 4.33.